The van der Waals surface area contributed by atoms with E-state index in [-0.39, 0.29) is 12.5 Å². The molecule has 3 aromatic rings. The molecule has 0 aliphatic heterocycles. The number of benzene rings is 2. The minimum absolute atomic E-state index is 0.148. The molecule has 0 spiro atoms. The van der Waals surface area contributed by atoms with Crippen LogP contribution in [0, 0.1) is 0 Å². The summed E-state index contributed by atoms with van der Waals surface area (Å²) in [6.45, 7) is 1.94. The van der Waals surface area contributed by atoms with Crippen molar-refractivity contribution in [1.82, 2.24) is 14.9 Å². The molecule has 1 unspecified atom stereocenters. The average molecular weight is 335 g/mol. The summed E-state index contributed by atoms with van der Waals surface area (Å²) in [5.41, 5.74) is 3.60. The molecule has 0 bridgehead atoms. The van der Waals surface area contributed by atoms with Crippen LogP contribution in [0.3, 0.4) is 0 Å². The van der Waals surface area contributed by atoms with Crippen molar-refractivity contribution in [3.63, 3.8) is 0 Å². The maximum Gasteiger partial charge on any atom is 0.251 e. The fourth-order valence-corrected chi connectivity index (χ4v) is 2.66. The van der Waals surface area contributed by atoms with E-state index in [9.17, 15) is 9.90 Å². The first-order valence-electron chi connectivity index (χ1n) is 8.30. The number of nitrogens with zero attached hydrogens (tertiary/aromatic N) is 2. The highest BCUT2D eigenvalue weighted by molar-refractivity contribution is 5.94. The number of aliphatic hydroxyl groups is 1. The summed E-state index contributed by atoms with van der Waals surface area (Å²) >= 11 is 0. The van der Waals surface area contributed by atoms with E-state index in [1.807, 2.05) is 47.2 Å². The van der Waals surface area contributed by atoms with E-state index in [2.05, 4.69) is 17.2 Å². The predicted molar refractivity (Wildman–Crippen MR) is 96.7 cm³/mol. The van der Waals surface area contributed by atoms with E-state index >= 15 is 0 Å². The molecule has 0 radical (unpaired) electrons. The fourth-order valence-electron chi connectivity index (χ4n) is 2.66. The number of aryl methyl sites for hydroxylation is 1. The molecule has 2 N–H and O–H groups in total. The zero-order chi connectivity index (χ0) is 17.6. The average Bonchev–Trinajstić information content (AvgIpc) is 3.21. The first-order valence-corrected chi connectivity index (χ1v) is 8.30. The zero-order valence-electron chi connectivity index (χ0n) is 14.1. The molecule has 3 rings (SSSR count). The van der Waals surface area contributed by atoms with Crippen molar-refractivity contribution in [3.05, 3.63) is 83.9 Å². The van der Waals surface area contributed by atoms with Crippen LogP contribution in [-0.2, 0) is 6.42 Å². The minimum atomic E-state index is -0.424. The van der Waals surface area contributed by atoms with Gasteiger partial charge in [-0.3, -0.25) is 4.79 Å². The van der Waals surface area contributed by atoms with Crippen molar-refractivity contribution in [2.45, 2.75) is 19.4 Å². The van der Waals surface area contributed by atoms with Gasteiger partial charge >= 0.3 is 0 Å². The van der Waals surface area contributed by atoms with Gasteiger partial charge in [-0.05, 0) is 41.8 Å². The molecule has 0 aliphatic rings. The minimum Gasteiger partial charge on any atom is -0.394 e. The van der Waals surface area contributed by atoms with Crippen LogP contribution >= 0.6 is 0 Å². The third kappa shape index (κ3) is 3.95. The standard InChI is InChI=1S/C20H21N3O2/c1-2-15-3-5-16(6-4-15)19(13-24)22-20(25)17-7-9-18(10-8-17)23-12-11-21-14-23/h3-12,14,19,24H,2,13H2,1H3,(H,22,25). The van der Waals surface area contributed by atoms with Gasteiger partial charge in [-0.2, -0.15) is 0 Å². The SMILES string of the molecule is CCc1ccc(C(CO)NC(=O)c2ccc(-n3ccnc3)cc2)cc1. The van der Waals surface area contributed by atoms with Gasteiger partial charge in [0.25, 0.3) is 5.91 Å². The molecule has 5 nitrogen and oxygen atoms in total. The number of carbonyl (C=O) groups excluding carboxylic acids is 1. The lowest BCUT2D eigenvalue weighted by Gasteiger charge is -2.17. The molecule has 128 valence electrons. The van der Waals surface area contributed by atoms with Gasteiger partial charge in [-0.1, -0.05) is 31.2 Å². The number of rotatable bonds is 6. The molecule has 0 aliphatic carbocycles. The molecule has 0 saturated heterocycles. The molecule has 1 heterocycles. The largest absolute Gasteiger partial charge is 0.394 e. The summed E-state index contributed by atoms with van der Waals surface area (Å²) in [6.07, 6.45) is 6.21. The second kappa shape index (κ2) is 7.77. The monoisotopic (exact) mass is 335 g/mol. The molecule has 0 fully saturated rings. The highest BCUT2D eigenvalue weighted by Gasteiger charge is 2.15. The number of nitrogens with one attached hydrogen (secondary N) is 1. The molecule has 25 heavy (non-hydrogen) atoms. The highest BCUT2D eigenvalue weighted by atomic mass is 16.3. The number of imidazole rings is 1. The molecule has 1 amide bonds. The number of hydrogen-bond acceptors (Lipinski definition) is 3. The van der Waals surface area contributed by atoms with Crippen LogP contribution in [0.25, 0.3) is 5.69 Å². The van der Waals surface area contributed by atoms with Crippen LogP contribution in [0.15, 0.2) is 67.3 Å². The van der Waals surface area contributed by atoms with Gasteiger partial charge in [0.05, 0.1) is 19.0 Å². The van der Waals surface area contributed by atoms with Gasteiger partial charge in [-0.25, -0.2) is 4.98 Å². The van der Waals surface area contributed by atoms with Crippen molar-refractivity contribution in [3.8, 4) is 5.69 Å². The van der Waals surface area contributed by atoms with Gasteiger partial charge in [-0.15, -0.1) is 0 Å². The zero-order valence-corrected chi connectivity index (χ0v) is 14.1. The Hall–Kier alpha value is -2.92. The van der Waals surface area contributed by atoms with E-state index in [0.29, 0.717) is 5.56 Å². The Kier molecular flexibility index (Phi) is 5.26. The molecular formula is C20H21N3O2. The van der Waals surface area contributed by atoms with Gasteiger partial charge in [0, 0.05) is 23.6 Å². The first kappa shape index (κ1) is 16.9. The quantitative estimate of drug-likeness (QED) is 0.728. The molecule has 5 heteroatoms. The van der Waals surface area contributed by atoms with Gasteiger partial charge in [0.2, 0.25) is 0 Å². The Bertz CT molecular complexity index is 809. The van der Waals surface area contributed by atoms with Crippen LogP contribution in [0.2, 0.25) is 0 Å². The third-order valence-electron chi connectivity index (χ3n) is 4.21. The van der Waals surface area contributed by atoms with Crippen LogP contribution in [0.1, 0.15) is 34.5 Å². The topological polar surface area (TPSA) is 67.2 Å². The van der Waals surface area contributed by atoms with Crippen molar-refractivity contribution in [2.75, 3.05) is 6.61 Å². The van der Waals surface area contributed by atoms with E-state index in [1.165, 1.54) is 5.56 Å². The summed E-state index contributed by atoms with van der Waals surface area (Å²) in [4.78, 5) is 16.5. The van der Waals surface area contributed by atoms with Gasteiger partial charge in [0.15, 0.2) is 0 Å². The summed E-state index contributed by atoms with van der Waals surface area (Å²) in [7, 11) is 0. The number of carbonyl (C=O) groups is 1. The Morgan fingerprint density at radius 2 is 1.88 bits per heavy atom. The smallest absolute Gasteiger partial charge is 0.251 e. The van der Waals surface area contributed by atoms with E-state index in [1.54, 1.807) is 24.7 Å². The molecule has 1 atom stereocenters. The normalized spacial score (nSPS) is 11.9. The summed E-state index contributed by atoms with van der Waals surface area (Å²) in [5.74, 6) is -0.212. The lowest BCUT2D eigenvalue weighted by atomic mass is 10.0. The maximum absolute atomic E-state index is 12.5. The molecule has 1 aromatic heterocycles. The van der Waals surface area contributed by atoms with Crippen LogP contribution in [0.4, 0.5) is 0 Å². The number of aliphatic hydroxyl groups excluding tert-OH is 1. The Morgan fingerprint density at radius 3 is 2.44 bits per heavy atom. The van der Waals surface area contributed by atoms with Crippen molar-refractivity contribution < 1.29 is 9.90 Å². The lowest BCUT2D eigenvalue weighted by molar-refractivity contribution is 0.0916. The van der Waals surface area contributed by atoms with Crippen LogP contribution in [-0.4, -0.2) is 27.2 Å². The van der Waals surface area contributed by atoms with E-state index in [4.69, 9.17) is 0 Å². The van der Waals surface area contributed by atoms with E-state index < -0.39 is 6.04 Å². The van der Waals surface area contributed by atoms with Crippen molar-refractivity contribution in [1.29, 1.82) is 0 Å². The van der Waals surface area contributed by atoms with Crippen LogP contribution < -0.4 is 5.32 Å². The maximum atomic E-state index is 12.5. The Labute approximate surface area is 147 Å². The molecular weight excluding hydrogens is 314 g/mol. The third-order valence-corrected chi connectivity index (χ3v) is 4.21. The summed E-state index contributed by atoms with van der Waals surface area (Å²) in [5, 5.41) is 12.5. The Morgan fingerprint density at radius 1 is 1.16 bits per heavy atom. The number of amides is 1. The van der Waals surface area contributed by atoms with Crippen molar-refractivity contribution in [2.24, 2.45) is 0 Å². The highest BCUT2D eigenvalue weighted by Crippen LogP contribution is 2.16. The second-order valence-corrected chi connectivity index (χ2v) is 5.82. The number of hydrogen-bond donors (Lipinski definition) is 2. The molecule has 2 aromatic carbocycles. The number of aromatic nitrogens is 2. The lowest BCUT2D eigenvalue weighted by Crippen LogP contribution is -2.30. The van der Waals surface area contributed by atoms with Gasteiger partial charge in [0.1, 0.15) is 0 Å². The van der Waals surface area contributed by atoms with Crippen molar-refractivity contribution >= 4 is 5.91 Å². The predicted octanol–water partition coefficient (Wildman–Crippen LogP) is 2.90. The summed E-state index contributed by atoms with van der Waals surface area (Å²) < 4.78 is 1.87. The fraction of sp³-hybridized carbons (Fsp3) is 0.200. The summed E-state index contributed by atoms with van der Waals surface area (Å²) in [6, 6.07) is 14.8. The van der Waals surface area contributed by atoms with Gasteiger partial charge < -0.3 is 15.0 Å². The second-order valence-electron chi connectivity index (χ2n) is 5.82. The molecule has 0 saturated carbocycles. The van der Waals surface area contributed by atoms with E-state index in [0.717, 1.165) is 17.7 Å². The Balaban J connectivity index is 1.71. The first-order chi connectivity index (χ1) is 12.2. The van der Waals surface area contributed by atoms with Crippen LogP contribution in [0.5, 0.6) is 0 Å².